The first-order valence-corrected chi connectivity index (χ1v) is 9.60. The summed E-state index contributed by atoms with van der Waals surface area (Å²) in [4.78, 5) is 22.9. The minimum atomic E-state index is -0.0582. The average Bonchev–Trinajstić information content (AvgIpc) is 3.04. The van der Waals surface area contributed by atoms with E-state index < -0.39 is 0 Å². The Morgan fingerprint density at radius 1 is 1.22 bits per heavy atom. The quantitative estimate of drug-likeness (QED) is 0.550. The largest absolute Gasteiger partial charge is 0.301 e. The van der Waals surface area contributed by atoms with Crippen molar-refractivity contribution in [2.75, 3.05) is 11.1 Å². The van der Waals surface area contributed by atoms with Gasteiger partial charge in [0.15, 0.2) is 0 Å². The van der Waals surface area contributed by atoms with Gasteiger partial charge in [-0.05, 0) is 26.3 Å². The van der Waals surface area contributed by atoms with Crippen LogP contribution >= 0.6 is 34.4 Å². The highest BCUT2D eigenvalue weighted by Crippen LogP contribution is 2.34. The maximum atomic E-state index is 11.9. The molecule has 0 aliphatic heterocycles. The third-order valence-electron chi connectivity index (χ3n) is 3.27. The Bertz CT molecular complexity index is 857. The molecule has 0 aliphatic rings. The lowest BCUT2D eigenvalue weighted by Crippen LogP contribution is -2.12. The summed E-state index contributed by atoms with van der Waals surface area (Å²) in [7, 11) is 0. The number of hydrogen-bond acceptors (Lipinski definition) is 8. The Hall–Kier alpha value is -1.58. The number of nitrogens with zero attached hydrogens (tertiary/aromatic N) is 4. The van der Waals surface area contributed by atoms with Crippen LogP contribution in [0.5, 0.6) is 0 Å². The Morgan fingerprint density at radius 3 is 2.78 bits per heavy atom. The summed E-state index contributed by atoms with van der Waals surface area (Å²) < 4.78 is 0. The molecule has 0 aromatic carbocycles. The topological polar surface area (TPSA) is 80.7 Å². The number of thioether (sulfide) groups is 1. The molecule has 0 atom stereocenters. The first-order chi connectivity index (χ1) is 11.0. The summed E-state index contributed by atoms with van der Waals surface area (Å²) in [5.74, 6) is 0.599. The molecule has 3 aromatic rings. The SMILES string of the molecule is Cc1nnc(NC(=O)CCSc2ncnc3sc(C)c(C)c23)s1. The number of nitrogens with one attached hydrogen (secondary N) is 1. The molecule has 1 N–H and O–H groups in total. The lowest BCUT2D eigenvalue weighted by Gasteiger charge is -2.03. The maximum Gasteiger partial charge on any atom is 0.227 e. The van der Waals surface area contributed by atoms with Gasteiger partial charge in [0.2, 0.25) is 11.0 Å². The van der Waals surface area contributed by atoms with Gasteiger partial charge in [-0.2, -0.15) is 0 Å². The Kier molecular flexibility index (Phi) is 4.88. The number of aromatic nitrogens is 4. The normalized spacial score (nSPS) is 11.1. The van der Waals surface area contributed by atoms with Gasteiger partial charge in [-0.25, -0.2) is 9.97 Å². The predicted octanol–water partition coefficient (Wildman–Crippen LogP) is 3.59. The van der Waals surface area contributed by atoms with Gasteiger partial charge >= 0.3 is 0 Å². The fourth-order valence-electron chi connectivity index (χ4n) is 2.03. The first kappa shape index (κ1) is 16.3. The van der Waals surface area contributed by atoms with E-state index in [4.69, 9.17) is 0 Å². The highest BCUT2D eigenvalue weighted by atomic mass is 32.2. The summed E-state index contributed by atoms with van der Waals surface area (Å²) in [5.41, 5.74) is 1.22. The molecule has 0 fully saturated rings. The third-order valence-corrected chi connectivity index (χ3v) is 6.13. The molecule has 1 amide bonds. The minimum absolute atomic E-state index is 0.0582. The van der Waals surface area contributed by atoms with Crippen molar-refractivity contribution >= 4 is 55.7 Å². The summed E-state index contributed by atoms with van der Waals surface area (Å²) >= 11 is 4.64. The van der Waals surface area contributed by atoms with Gasteiger partial charge in [-0.15, -0.1) is 33.3 Å². The zero-order chi connectivity index (χ0) is 16.4. The number of thiophene rings is 1. The van der Waals surface area contributed by atoms with Crippen LogP contribution in [0, 0.1) is 20.8 Å². The van der Waals surface area contributed by atoms with Crippen LogP contribution in [0.3, 0.4) is 0 Å². The van der Waals surface area contributed by atoms with Crippen molar-refractivity contribution in [3.05, 3.63) is 21.8 Å². The second-order valence-electron chi connectivity index (χ2n) is 4.92. The fraction of sp³-hybridized carbons (Fsp3) is 0.357. The Morgan fingerprint density at radius 2 is 2.04 bits per heavy atom. The highest BCUT2D eigenvalue weighted by Gasteiger charge is 2.13. The van der Waals surface area contributed by atoms with E-state index in [2.05, 4.69) is 39.3 Å². The van der Waals surface area contributed by atoms with E-state index in [-0.39, 0.29) is 5.91 Å². The van der Waals surface area contributed by atoms with Crippen molar-refractivity contribution < 1.29 is 4.79 Å². The third kappa shape index (κ3) is 3.67. The van der Waals surface area contributed by atoms with Crippen molar-refractivity contribution in [2.45, 2.75) is 32.2 Å². The molecule has 3 aromatic heterocycles. The van der Waals surface area contributed by atoms with Crippen LogP contribution in [-0.4, -0.2) is 31.8 Å². The molecule has 0 unspecified atom stereocenters. The van der Waals surface area contributed by atoms with E-state index >= 15 is 0 Å². The first-order valence-electron chi connectivity index (χ1n) is 6.98. The predicted molar refractivity (Wildman–Crippen MR) is 95.5 cm³/mol. The molecule has 6 nitrogen and oxygen atoms in total. The van der Waals surface area contributed by atoms with Crippen LogP contribution in [-0.2, 0) is 4.79 Å². The highest BCUT2D eigenvalue weighted by molar-refractivity contribution is 7.99. The van der Waals surface area contributed by atoms with Gasteiger partial charge in [0.25, 0.3) is 0 Å². The number of anilines is 1. The van der Waals surface area contributed by atoms with Crippen LogP contribution in [0.25, 0.3) is 10.2 Å². The van der Waals surface area contributed by atoms with Gasteiger partial charge in [-0.3, -0.25) is 4.79 Å². The lowest BCUT2D eigenvalue weighted by molar-refractivity contribution is -0.115. The molecule has 3 heterocycles. The van der Waals surface area contributed by atoms with Crippen molar-refractivity contribution in [1.82, 2.24) is 20.2 Å². The van der Waals surface area contributed by atoms with Gasteiger partial charge in [0, 0.05) is 22.4 Å². The maximum absolute atomic E-state index is 11.9. The number of fused-ring (bicyclic) bond motifs is 1. The van der Waals surface area contributed by atoms with E-state index in [1.165, 1.54) is 21.8 Å². The summed E-state index contributed by atoms with van der Waals surface area (Å²) in [6.07, 6.45) is 1.99. The van der Waals surface area contributed by atoms with E-state index in [0.717, 1.165) is 20.3 Å². The van der Waals surface area contributed by atoms with E-state index in [0.29, 0.717) is 17.3 Å². The molecule has 3 rings (SSSR count). The molecule has 0 saturated carbocycles. The van der Waals surface area contributed by atoms with Gasteiger partial charge in [0.1, 0.15) is 21.2 Å². The van der Waals surface area contributed by atoms with Crippen LogP contribution in [0.2, 0.25) is 0 Å². The van der Waals surface area contributed by atoms with E-state index in [9.17, 15) is 4.79 Å². The molecule has 120 valence electrons. The van der Waals surface area contributed by atoms with Crippen molar-refractivity contribution in [3.8, 4) is 0 Å². The second kappa shape index (κ2) is 6.90. The summed E-state index contributed by atoms with van der Waals surface area (Å²) in [6.45, 7) is 6.04. The number of carbonyl (C=O) groups excluding carboxylic acids is 1. The van der Waals surface area contributed by atoms with Crippen molar-refractivity contribution in [3.63, 3.8) is 0 Å². The van der Waals surface area contributed by atoms with Gasteiger partial charge < -0.3 is 5.32 Å². The van der Waals surface area contributed by atoms with E-state index in [1.807, 2.05) is 6.92 Å². The second-order valence-corrected chi connectivity index (χ2v) is 8.38. The molecule has 0 radical (unpaired) electrons. The Balaban J connectivity index is 1.61. The number of hydrogen-bond donors (Lipinski definition) is 1. The molecule has 0 saturated heterocycles. The van der Waals surface area contributed by atoms with Crippen LogP contribution < -0.4 is 5.32 Å². The fourth-order valence-corrected chi connectivity index (χ4v) is 4.69. The van der Waals surface area contributed by atoms with Crippen LogP contribution in [0.4, 0.5) is 5.13 Å². The van der Waals surface area contributed by atoms with Crippen molar-refractivity contribution in [2.24, 2.45) is 0 Å². The average molecular weight is 366 g/mol. The van der Waals surface area contributed by atoms with Crippen molar-refractivity contribution in [1.29, 1.82) is 0 Å². The molecule has 0 bridgehead atoms. The number of carbonyl (C=O) groups is 1. The van der Waals surface area contributed by atoms with Gasteiger partial charge in [0.05, 0.1) is 0 Å². The Labute approximate surface area is 145 Å². The lowest BCUT2D eigenvalue weighted by atomic mass is 10.2. The monoisotopic (exact) mass is 365 g/mol. The molecule has 23 heavy (non-hydrogen) atoms. The standard InChI is InChI=1S/C14H15N5OS3/c1-7-8(2)22-13-11(7)12(15-6-16-13)21-5-4-10(20)17-14-19-18-9(3)23-14/h6H,4-5H2,1-3H3,(H,17,19,20). The molecule has 0 aliphatic carbocycles. The number of aryl methyl sites for hydroxylation is 3. The number of rotatable bonds is 5. The zero-order valence-electron chi connectivity index (χ0n) is 12.9. The smallest absolute Gasteiger partial charge is 0.227 e. The number of amides is 1. The molecule has 9 heteroatoms. The summed E-state index contributed by atoms with van der Waals surface area (Å²) in [6, 6.07) is 0. The molecular weight excluding hydrogens is 350 g/mol. The minimum Gasteiger partial charge on any atom is -0.301 e. The van der Waals surface area contributed by atoms with E-state index in [1.54, 1.807) is 29.4 Å². The van der Waals surface area contributed by atoms with Gasteiger partial charge in [-0.1, -0.05) is 11.3 Å². The molecule has 0 spiro atoms. The zero-order valence-corrected chi connectivity index (χ0v) is 15.4. The summed E-state index contributed by atoms with van der Waals surface area (Å²) in [5, 5.41) is 14.0. The van der Waals surface area contributed by atoms with Crippen LogP contribution in [0.15, 0.2) is 11.4 Å². The molecular formula is C14H15N5OS3. The van der Waals surface area contributed by atoms with Crippen LogP contribution in [0.1, 0.15) is 21.9 Å².